The van der Waals surface area contributed by atoms with Gasteiger partial charge in [0, 0.05) is 22.7 Å². The maximum Gasteiger partial charge on any atom is 0.0715 e. The molecule has 0 saturated carbocycles. The van der Waals surface area contributed by atoms with Gasteiger partial charge in [0.1, 0.15) is 0 Å². The highest BCUT2D eigenvalue weighted by molar-refractivity contribution is 5.94. The molecule has 2 aromatic heterocycles. The molecule has 2 heterocycles. The first-order valence-electron chi connectivity index (χ1n) is 11.4. The van der Waals surface area contributed by atoms with Crippen molar-refractivity contribution in [2.45, 2.75) is 0 Å². The van der Waals surface area contributed by atoms with Crippen molar-refractivity contribution >= 4 is 10.9 Å². The topological polar surface area (TPSA) is 25.8 Å². The van der Waals surface area contributed by atoms with E-state index in [2.05, 4.69) is 114 Å². The summed E-state index contributed by atoms with van der Waals surface area (Å²) in [5.41, 5.74) is 9.88. The number of hydrogen-bond acceptors (Lipinski definition) is 2. The zero-order chi connectivity index (χ0) is 22.7. The summed E-state index contributed by atoms with van der Waals surface area (Å²) in [5, 5.41) is 1.17. The van der Waals surface area contributed by atoms with E-state index in [1.54, 1.807) is 0 Å². The molecule has 160 valence electrons. The van der Waals surface area contributed by atoms with Gasteiger partial charge in [-0.25, -0.2) is 4.98 Å². The summed E-state index contributed by atoms with van der Waals surface area (Å²) >= 11 is 0. The van der Waals surface area contributed by atoms with Gasteiger partial charge in [-0.05, 0) is 46.5 Å². The van der Waals surface area contributed by atoms with Gasteiger partial charge in [-0.15, -0.1) is 0 Å². The number of rotatable bonds is 4. The van der Waals surface area contributed by atoms with Gasteiger partial charge in [-0.1, -0.05) is 103 Å². The number of nitrogens with zero attached hydrogens (tertiary/aromatic N) is 2. The van der Waals surface area contributed by atoms with Crippen LogP contribution in [0.2, 0.25) is 0 Å². The lowest BCUT2D eigenvalue weighted by molar-refractivity contribution is 1.32. The Morgan fingerprint density at radius 1 is 0.412 bits per heavy atom. The molecule has 0 atom stereocenters. The van der Waals surface area contributed by atoms with Gasteiger partial charge in [0.15, 0.2) is 0 Å². The van der Waals surface area contributed by atoms with Crippen molar-refractivity contribution in [2.75, 3.05) is 0 Å². The second kappa shape index (κ2) is 8.76. The Morgan fingerprint density at radius 3 is 1.62 bits per heavy atom. The average Bonchev–Trinajstić information content (AvgIpc) is 2.93. The van der Waals surface area contributed by atoms with Crippen LogP contribution in [0.3, 0.4) is 0 Å². The lowest BCUT2D eigenvalue weighted by Gasteiger charge is -2.11. The molecule has 34 heavy (non-hydrogen) atoms. The molecule has 0 fully saturated rings. The van der Waals surface area contributed by atoms with Crippen molar-refractivity contribution in [1.29, 1.82) is 0 Å². The third kappa shape index (κ3) is 3.87. The van der Waals surface area contributed by atoms with Gasteiger partial charge in [-0.2, -0.15) is 0 Å². The summed E-state index contributed by atoms with van der Waals surface area (Å²) in [6.45, 7) is 0. The van der Waals surface area contributed by atoms with Gasteiger partial charge in [0.25, 0.3) is 0 Å². The SMILES string of the molecule is c1ccc(-c2cc(-c3ccc(-c4ccnc5ccccc45)cc3)cc(-c3ccccc3)n2)cc1. The van der Waals surface area contributed by atoms with Gasteiger partial charge >= 0.3 is 0 Å². The van der Waals surface area contributed by atoms with Crippen molar-refractivity contribution in [3.05, 3.63) is 134 Å². The molecule has 4 aromatic carbocycles. The molecular weight excluding hydrogens is 412 g/mol. The summed E-state index contributed by atoms with van der Waals surface area (Å²) in [6, 6.07) is 44.2. The molecule has 0 N–H and O–H groups in total. The number of hydrogen-bond donors (Lipinski definition) is 0. The monoisotopic (exact) mass is 434 g/mol. The minimum Gasteiger partial charge on any atom is -0.256 e. The minimum absolute atomic E-state index is 0.973. The fraction of sp³-hybridized carbons (Fsp3) is 0. The Morgan fingerprint density at radius 2 is 0.971 bits per heavy atom. The third-order valence-corrected chi connectivity index (χ3v) is 6.14. The number of aromatic nitrogens is 2. The first-order valence-corrected chi connectivity index (χ1v) is 11.4. The van der Waals surface area contributed by atoms with E-state index in [9.17, 15) is 0 Å². The molecule has 0 amide bonds. The van der Waals surface area contributed by atoms with E-state index < -0.39 is 0 Å². The first-order chi connectivity index (χ1) is 16.8. The molecule has 0 radical (unpaired) electrons. The highest BCUT2D eigenvalue weighted by Crippen LogP contribution is 2.33. The molecule has 0 spiro atoms. The summed E-state index contributed by atoms with van der Waals surface area (Å²) in [6.07, 6.45) is 1.88. The molecule has 6 aromatic rings. The van der Waals surface area contributed by atoms with Gasteiger partial charge < -0.3 is 0 Å². The van der Waals surface area contributed by atoms with Crippen LogP contribution in [0.25, 0.3) is 55.7 Å². The van der Waals surface area contributed by atoms with Crippen molar-refractivity contribution in [3.63, 3.8) is 0 Å². The molecular formula is C32H22N2. The summed E-state index contributed by atoms with van der Waals surface area (Å²) in [7, 11) is 0. The molecule has 0 aliphatic heterocycles. The molecule has 0 aliphatic carbocycles. The van der Waals surface area contributed by atoms with Crippen molar-refractivity contribution in [3.8, 4) is 44.8 Å². The largest absolute Gasteiger partial charge is 0.256 e. The fourth-order valence-corrected chi connectivity index (χ4v) is 4.40. The van der Waals surface area contributed by atoms with Crippen LogP contribution in [0, 0.1) is 0 Å². The van der Waals surface area contributed by atoms with Crippen LogP contribution in [0.1, 0.15) is 0 Å². The van der Waals surface area contributed by atoms with E-state index in [4.69, 9.17) is 4.98 Å². The third-order valence-electron chi connectivity index (χ3n) is 6.14. The first kappa shape index (κ1) is 20.1. The highest BCUT2D eigenvalue weighted by atomic mass is 14.7. The van der Waals surface area contributed by atoms with Crippen LogP contribution in [-0.4, -0.2) is 9.97 Å². The zero-order valence-corrected chi connectivity index (χ0v) is 18.6. The van der Waals surface area contributed by atoms with E-state index >= 15 is 0 Å². The number of pyridine rings is 2. The molecule has 2 heteroatoms. The second-order valence-electron chi connectivity index (χ2n) is 8.31. The van der Waals surface area contributed by atoms with Crippen LogP contribution < -0.4 is 0 Å². The van der Waals surface area contributed by atoms with E-state index in [1.165, 1.54) is 22.1 Å². The smallest absolute Gasteiger partial charge is 0.0715 e. The number of para-hydroxylation sites is 1. The molecule has 6 rings (SSSR count). The van der Waals surface area contributed by atoms with Crippen LogP contribution in [0.15, 0.2) is 134 Å². The Labute approximate surface area is 199 Å². The molecule has 0 bridgehead atoms. The lowest BCUT2D eigenvalue weighted by Crippen LogP contribution is -1.91. The Balaban J connectivity index is 1.45. The summed E-state index contributed by atoms with van der Waals surface area (Å²) in [5.74, 6) is 0. The van der Waals surface area contributed by atoms with Gasteiger partial charge in [0.05, 0.1) is 16.9 Å². The Kier molecular flexibility index (Phi) is 5.17. The Hall–Kier alpha value is -4.56. The van der Waals surface area contributed by atoms with Gasteiger partial charge in [-0.3, -0.25) is 4.98 Å². The second-order valence-corrected chi connectivity index (χ2v) is 8.31. The predicted molar refractivity (Wildman–Crippen MR) is 141 cm³/mol. The molecule has 0 unspecified atom stereocenters. The summed E-state index contributed by atoms with van der Waals surface area (Å²) in [4.78, 5) is 9.49. The van der Waals surface area contributed by atoms with Crippen molar-refractivity contribution < 1.29 is 0 Å². The van der Waals surface area contributed by atoms with E-state index in [-0.39, 0.29) is 0 Å². The van der Waals surface area contributed by atoms with Crippen LogP contribution >= 0.6 is 0 Å². The van der Waals surface area contributed by atoms with Crippen molar-refractivity contribution in [2.24, 2.45) is 0 Å². The average molecular weight is 435 g/mol. The fourth-order valence-electron chi connectivity index (χ4n) is 4.40. The minimum atomic E-state index is 0.973. The Bertz CT molecular complexity index is 1510. The van der Waals surface area contributed by atoms with Crippen LogP contribution in [-0.2, 0) is 0 Å². The molecule has 0 aliphatic rings. The quantitative estimate of drug-likeness (QED) is 0.279. The van der Waals surface area contributed by atoms with E-state index in [0.717, 1.165) is 33.6 Å². The standard InChI is InChI=1S/C32H22N2/c1-3-9-25(10-4-1)31-21-27(22-32(34-31)26-11-5-2-6-12-26)23-15-17-24(18-16-23)28-19-20-33-30-14-8-7-13-29(28)30/h1-22H. The van der Waals surface area contributed by atoms with Crippen LogP contribution in [0.4, 0.5) is 0 Å². The lowest BCUT2D eigenvalue weighted by atomic mass is 9.96. The van der Waals surface area contributed by atoms with E-state index in [1.807, 2.05) is 24.4 Å². The van der Waals surface area contributed by atoms with E-state index in [0.29, 0.717) is 0 Å². The summed E-state index contributed by atoms with van der Waals surface area (Å²) < 4.78 is 0. The molecule has 2 nitrogen and oxygen atoms in total. The zero-order valence-electron chi connectivity index (χ0n) is 18.6. The maximum absolute atomic E-state index is 4.99. The van der Waals surface area contributed by atoms with Crippen LogP contribution in [0.5, 0.6) is 0 Å². The predicted octanol–water partition coefficient (Wildman–Crippen LogP) is 8.30. The van der Waals surface area contributed by atoms with Gasteiger partial charge in [0.2, 0.25) is 0 Å². The number of fused-ring (bicyclic) bond motifs is 1. The molecule has 0 saturated heterocycles. The van der Waals surface area contributed by atoms with Crippen molar-refractivity contribution in [1.82, 2.24) is 9.97 Å². The number of benzene rings is 4. The normalized spacial score (nSPS) is 10.9. The maximum atomic E-state index is 4.99. The highest BCUT2D eigenvalue weighted by Gasteiger charge is 2.10.